The van der Waals surface area contributed by atoms with Crippen LogP contribution < -0.4 is 16.6 Å². The lowest BCUT2D eigenvalue weighted by atomic mass is 10.4. The van der Waals surface area contributed by atoms with Crippen molar-refractivity contribution in [1.29, 1.82) is 0 Å². The van der Waals surface area contributed by atoms with E-state index in [2.05, 4.69) is 9.69 Å². The third-order valence-corrected chi connectivity index (χ3v) is 5.03. The van der Waals surface area contributed by atoms with Gasteiger partial charge in [-0.05, 0) is 29.4 Å². The van der Waals surface area contributed by atoms with Crippen molar-refractivity contribution in [2.24, 2.45) is 0 Å². The zero-order valence-electron chi connectivity index (χ0n) is 13.0. The van der Waals surface area contributed by atoms with Gasteiger partial charge in [0.05, 0.1) is 12.1 Å². The molecule has 0 bridgehead atoms. The molecular weight excluding hydrogens is 348 g/mol. The third kappa shape index (κ3) is 3.17. The molecule has 0 radical (unpaired) electrons. The predicted molar refractivity (Wildman–Crippen MR) is 94.6 cm³/mol. The summed E-state index contributed by atoms with van der Waals surface area (Å²) in [4.78, 5) is 38.1. The summed E-state index contributed by atoms with van der Waals surface area (Å²) < 4.78 is 6.54. The predicted octanol–water partition coefficient (Wildman–Crippen LogP) is 1.41. The van der Waals surface area contributed by atoms with E-state index in [0.29, 0.717) is 25.0 Å². The molecule has 7 nitrogen and oxygen atoms in total. The number of hydrogen-bond acceptors (Lipinski definition) is 6. The van der Waals surface area contributed by atoms with Gasteiger partial charge in [0.25, 0.3) is 5.56 Å². The highest BCUT2D eigenvalue weighted by molar-refractivity contribution is 7.09. The lowest BCUT2D eigenvalue weighted by molar-refractivity contribution is -0.121. The van der Waals surface area contributed by atoms with Gasteiger partial charge in [-0.15, -0.1) is 11.3 Å². The van der Waals surface area contributed by atoms with Crippen molar-refractivity contribution >= 4 is 39.8 Å². The minimum absolute atomic E-state index is 0.136. The topological polar surface area (TPSA) is 86.0 Å². The van der Waals surface area contributed by atoms with Crippen LogP contribution in [0.5, 0.6) is 0 Å². The van der Waals surface area contributed by atoms with Crippen molar-refractivity contribution in [2.45, 2.75) is 33.0 Å². The first-order valence-electron chi connectivity index (χ1n) is 7.48. The van der Waals surface area contributed by atoms with E-state index in [1.165, 1.54) is 4.57 Å². The summed E-state index contributed by atoms with van der Waals surface area (Å²) in [7, 11) is 0. The molecule has 0 saturated carbocycles. The molecule has 0 aromatic carbocycles. The number of amides is 1. The first-order chi connectivity index (χ1) is 11.6. The maximum absolute atomic E-state index is 12.6. The molecule has 3 rings (SSSR count). The van der Waals surface area contributed by atoms with Gasteiger partial charge in [0.2, 0.25) is 5.91 Å². The van der Waals surface area contributed by atoms with E-state index in [-0.39, 0.29) is 18.0 Å². The van der Waals surface area contributed by atoms with Gasteiger partial charge in [-0.3, -0.25) is 18.7 Å². The van der Waals surface area contributed by atoms with Crippen molar-refractivity contribution in [3.8, 4) is 0 Å². The van der Waals surface area contributed by atoms with Crippen LogP contribution in [-0.2, 0) is 24.4 Å². The SMILES string of the molecule is CCCn1c(=O)c2nscc2n(CC(=O)NCc2cccs2)c1=O. The molecule has 0 atom stereocenters. The van der Waals surface area contributed by atoms with Gasteiger partial charge in [0, 0.05) is 16.8 Å². The summed E-state index contributed by atoms with van der Waals surface area (Å²) in [6.45, 7) is 2.48. The molecule has 0 saturated heterocycles. The number of thiophene rings is 1. The fourth-order valence-electron chi connectivity index (χ4n) is 2.41. The number of rotatable bonds is 6. The van der Waals surface area contributed by atoms with Crippen molar-refractivity contribution in [3.05, 3.63) is 48.6 Å². The van der Waals surface area contributed by atoms with Crippen molar-refractivity contribution in [2.75, 3.05) is 0 Å². The van der Waals surface area contributed by atoms with Crippen LogP contribution in [0.1, 0.15) is 18.2 Å². The Balaban J connectivity index is 1.90. The third-order valence-electron chi connectivity index (χ3n) is 3.54. The summed E-state index contributed by atoms with van der Waals surface area (Å²) >= 11 is 2.65. The second-order valence-electron chi connectivity index (χ2n) is 5.23. The number of fused-ring (bicyclic) bond motifs is 1. The monoisotopic (exact) mass is 364 g/mol. The number of nitrogens with one attached hydrogen (secondary N) is 1. The largest absolute Gasteiger partial charge is 0.350 e. The summed E-state index contributed by atoms with van der Waals surface area (Å²) in [5.74, 6) is -0.278. The second-order valence-corrected chi connectivity index (χ2v) is 6.89. The Morgan fingerprint density at radius 1 is 1.33 bits per heavy atom. The maximum atomic E-state index is 12.6. The van der Waals surface area contributed by atoms with E-state index in [0.717, 1.165) is 21.0 Å². The Morgan fingerprint density at radius 3 is 2.88 bits per heavy atom. The number of nitrogens with zero attached hydrogens (tertiary/aromatic N) is 3. The molecule has 0 aliphatic carbocycles. The minimum Gasteiger partial charge on any atom is -0.350 e. The second kappa shape index (κ2) is 7.10. The quantitative estimate of drug-likeness (QED) is 0.716. The van der Waals surface area contributed by atoms with Gasteiger partial charge in [-0.25, -0.2) is 4.79 Å². The van der Waals surface area contributed by atoms with Crippen molar-refractivity contribution < 1.29 is 4.79 Å². The van der Waals surface area contributed by atoms with E-state index < -0.39 is 11.2 Å². The first-order valence-corrected chi connectivity index (χ1v) is 9.20. The van der Waals surface area contributed by atoms with Crippen LogP contribution in [0, 0.1) is 0 Å². The average Bonchev–Trinajstić information content (AvgIpc) is 3.25. The molecule has 126 valence electrons. The lowest BCUT2D eigenvalue weighted by Gasteiger charge is -2.11. The molecular formula is C15H16N4O3S2. The van der Waals surface area contributed by atoms with Crippen LogP contribution in [0.15, 0.2) is 32.5 Å². The van der Waals surface area contributed by atoms with Crippen LogP contribution >= 0.6 is 22.9 Å². The number of hydrogen-bond donors (Lipinski definition) is 1. The molecule has 1 N–H and O–H groups in total. The van der Waals surface area contributed by atoms with E-state index >= 15 is 0 Å². The standard InChI is InChI=1S/C15H16N4O3S2/c1-2-5-18-14(21)13-11(9-24-17-13)19(15(18)22)8-12(20)16-7-10-4-3-6-23-10/h3-4,6,9H,2,5,7-8H2,1H3,(H,16,20). The fraction of sp³-hybridized carbons (Fsp3) is 0.333. The molecule has 1 amide bonds. The van der Waals surface area contributed by atoms with Gasteiger partial charge >= 0.3 is 5.69 Å². The first kappa shape index (κ1) is 16.6. The molecule has 3 aromatic heterocycles. The molecule has 0 spiro atoms. The van der Waals surface area contributed by atoms with E-state index in [1.54, 1.807) is 16.7 Å². The van der Waals surface area contributed by atoms with Crippen LogP contribution in [-0.4, -0.2) is 19.4 Å². The molecule has 3 aromatic rings. The van der Waals surface area contributed by atoms with Gasteiger partial charge in [0.15, 0.2) is 5.52 Å². The van der Waals surface area contributed by atoms with Gasteiger partial charge < -0.3 is 5.32 Å². The maximum Gasteiger partial charge on any atom is 0.332 e. The Kier molecular flexibility index (Phi) is 4.91. The van der Waals surface area contributed by atoms with E-state index in [9.17, 15) is 14.4 Å². The van der Waals surface area contributed by atoms with E-state index in [1.807, 2.05) is 24.4 Å². The summed E-state index contributed by atoms with van der Waals surface area (Å²) in [5, 5.41) is 6.35. The number of aromatic nitrogens is 3. The Morgan fingerprint density at radius 2 is 2.17 bits per heavy atom. The average molecular weight is 364 g/mol. The molecule has 0 unspecified atom stereocenters. The number of carbonyl (C=O) groups excluding carboxylic acids is 1. The number of carbonyl (C=O) groups is 1. The minimum atomic E-state index is -0.471. The molecule has 0 aliphatic heterocycles. The fourth-order valence-corrected chi connectivity index (χ4v) is 3.72. The van der Waals surface area contributed by atoms with Gasteiger partial charge in [-0.1, -0.05) is 13.0 Å². The Hall–Kier alpha value is -2.26. The zero-order valence-corrected chi connectivity index (χ0v) is 14.7. The molecule has 9 heteroatoms. The Bertz CT molecular complexity index is 969. The highest BCUT2D eigenvalue weighted by Gasteiger charge is 2.16. The molecule has 0 fully saturated rings. The lowest BCUT2D eigenvalue weighted by Crippen LogP contribution is -2.42. The van der Waals surface area contributed by atoms with Crippen LogP contribution in [0.25, 0.3) is 11.0 Å². The van der Waals surface area contributed by atoms with Crippen molar-refractivity contribution in [1.82, 2.24) is 18.8 Å². The highest BCUT2D eigenvalue weighted by Crippen LogP contribution is 2.10. The molecule has 0 aliphatic rings. The Labute approximate surface area is 145 Å². The summed E-state index contributed by atoms with van der Waals surface area (Å²) in [5.41, 5.74) is -0.220. The molecule has 24 heavy (non-hydrogen) atoms. The zero-order chi connectivity index (χ0) is 17.1. The normalized spacial score (nSPS) is 11.0. The van der Waals surface area contributed by atoms with Gasteiger partial charge in [0.1, 0.15) is 6.54 Å². The van der Waals surface area contributed by atoms with Crippen LogP contribution in [0.4, 0.5) is 0 Å². The molecule has 3 heterocycles. The summed E-state index contributed by atoms with van der Waals surface area (Å²) in [6.07, 6.45) is 0.648. The van der Waals surface area contributed by atoms with Crippen LogP contribution in [0.3, 0.4) is 0 Å². The van der Waals surface area contributed by atoms with Crippen molar-refractivity contribution in [3.63, 3.8) is 0 Å². The van der Waals surface area contributed by atoms with E-state index in [4.69, 9.17) is 0 Å². The van der Waals surface area contributed by atoms with Crippen LogP contribution in [0.2, 0.25) is 0 Å². The van der Waals surface area contributed by atoms with Gasteiger partial charge in [-0.2, -0.15) is 4.37 Å². The summed E-state index contributed by atoms with van der Waals surface area (Å²) in [6, 6.07) is 3.84. The highest BCUT2D eigenvalue weighted by atomic mass is 32.1. The smallest absolute Gasteiger partial charge is 0.332 e.